The van der Waals surface area contributed by atoms with Crippen LogP contribution in [0.15, 0.2) is 42.5 Å². The first-order valence-corrected chi connectivity index (χ1v) is 5.73. The number of primary amides is 1. The third-order valence-electron chi connectivity index (χ3n) is 2.62. The number of ether oxygens (including phenoxy) is 1. The average Bonchev–Trinajstić information content (AvgIpc) is 2.38. The predicted molar refractivity (Wildman–Crippen MR) is 72.0 cm³/mol. The number of halogens is 1. The average molecular weight is 262 g/mol. The summed E-state index contributed by atoms with van der Waals surface area (Å²) in [5.74, 6) is 0.197. The van der Waals surface area contributed by atoms with Gasteiger partial charge in [-0.15, -0.1) is 0 Å². The molecule has 0 atom stereocenters. The summed E-state index contributed by atoms with van der Waals surface area (Å²) in [4.78, 5) is 11.2. The molecule has 0 aliphatic carbocycles. The number of rotatable bonds is 3. The lowest BCUT2D eigenvalue weighted by molar-refractivity contribution is 0.100. The van der Waals surface area contributed by atoms with Gasteiger partial charge in [-0.2, -0.15) is 0 Å². The van der Waals surface area contributed by atoms with Crippen LogP contribution in [0.25, 0.3) is 11.1 Å². The Morgan fingerprint density at radius 2 is 2.00 bits per heavy atom. The van der Waals surface area contributed by atoms with Crippen LogP contribution in [-0.4, -0.2) is 13.0 Å². The lowest BCUT2D eigenvalue weighted by atomic mass is 10.0. The molecule has 0 unspecified atom stereocenters. The summed E-state index contributed by atoms with van der Waals surface area (Å²) in [5, 5.41) is 0.624. The molecule has 1 amide bonds. The van der Waals surface area contributed by atoms with Gasteiger partial charge in [0.25, 0.3) is 0 Å². The second kappa shape index (κ2) is 5.10. The van der Waals surface area contributed by atoms with Crippen LogP contribution in [0.1, 0.15) is 10.4 Å². The highest BCUT2D eigenvalue weighted by Crippen LogP contribution is 2.32. The van der Waals surface area contributed by atoms with Crippen molar-refractivity contribution in [2.45, 2.75) is 0 Å². The van der Waals surface area contributed by atoms with Crippen LogP contribution in [0.4, 0.5) is 0 Å². The third kappa shape index (κ3) is 2.46. The Hall–Kier alpha value is -2.00. The quantitative estimate of drug-likeness (QED) is 0.923. The summed E-state index contributed by atoms with van der Waals surface area (Å²) in [6.07, 6.45) is 0. The Morgan fingerprint density at radius 3 is 2.61 bits per heavy atom. The van der Waals surface area contributed by atoms with E-state index in [1.165, 1.54) is 0 Å². The van der Waals surface area contributed by atoms with Crippen molar-refractivity contribution in [3.63, 3.8) is 0 Å². The number of hydrogen-bond acceptors (Lipinski definition) is 2. The molecule has 0 aliphatic heterocycles. The van der Waals surface area contributed by atoms with Crippen LogP contribution in [-0.2, 0) is 0 Å². The van der Waals surface area contributed by atoms with E-state index >= 15 is 0 Å². The maximum Gasteiger partial charge on any atom is 0.248 e. The number of methoxy groups -OCH3 is 1. The molecule has 0 spiro atoms. The van der Waals surface area contributed by atoms with Gasteiger partial charge in [0.2, 0.25) is 5.91 Å². The van der Waals surface area contributed by atoms with Crippen LogP contribution in [0.2, 0.25) is 5.02 Å². The van der Waals surface area contributed by atoms with E-state index in [9.17, 15) is 4.79 Å². The number of hydrogen-bond donors (Lipinski definition) is 1. The van der Waals surface area contributed by atoms with Crippen molar-refractivity contribution < 1.29 is 9.53 Å². The molecule has 0 aromatic heterocycles. The maximum absolute atomic E-state index is 11.2. The fourth-order valence-electron chi connectivity index (χ4n) is 1.74. The Bertz CT molecular complexity index is 596. The van der Waals surface area contributed by atoms with Gasteiger partial charge < -0.3 is 10.5 Å². The van der Waals surface area contributed by atoms with Crippen LogP contribution in [0, 0.1) is 0 Å². The van der Waals surface area contributed by atoms with E-state index in [-0.39, 0.29) is 0 Å². The molecule has 2 rings (SSSR count). The molecule has 2 N–H and O–H groups in total. The first kappa shape index (κ1) is 12.5. The number of nitrogens with two attached hydrogens (primary N) is 1. The number of carbonyl (C=O) groups excluding carboxylic acids is 1. The molecule has 18 heavy (non-hydrogen) atoms. The van der Waals surface area contributed by atoms with Crippen LogP contribution in [0.3, 0.4) is 0 Å². The Balaban J connectivity index is 2.60. The van der Waals surface area contributed by atoms with Crippen LogP contribution < -0.4 is 10.5 Å². The van der Waals surface area contributed by atoms with Crippen molar-refractivity contribution in [2.24, 2.45) is 5.73 Å². The highest BCUT2D eigenvalue weighted by molar-refractivity contribution is 6.30. The van der Waals surface area contributed by atoms with Crippen molar-refractivity contribution in [3.8, 4) is 16.9 Å². The molecule has 92 valence electrons. The van der Waals surface area contributed by atoms with Gasteiger partial charge in [0.15, 0.2) is 0 Å². The molecule has 0 bridgehead atoms. The molecule has 0 saturated carbocycles. The first-order chi connectivity index (χ1) is 8.61. The molecule has 0 heterocycles. The number of amides is 1. The number of carbonyl (C=O) groups is 1. The molecule has 0 saturated heterocycles. The zero-order valence-corrected chi connectivity index (χ0v) is 10.6. The Labute approximate surface area is 110 Å². The highest BCUT2D eigenvalue weighted by atomic mass is 35.5. The van der Waals surface area contributed by atoms with Gasteiger partial charge in [0.05, 0.1) is 7.11 Å². The van der Waals surface area contributed by atoms with Gasteiger partial charge in [-0.05, 0) is 35.9 Å². The zero-order valence-electron chi connectivity index (χ0n) is 9.81. The topological polar surface area (TPSA) is 52.3 Å². The SMILES string of the molecule is COc1ccc(C(N)=O)cc1-c1cccc(Cl)c1. The van der Waals surface area contributed by atoms with Gasteiger partial charge >= 0.3 is 0 Å². The normalized spacial score (nSPS) is 10.1. The lowest BCUT2D eigenvalue weighted by Gasteiger charge is -2.10. The zero-order chi connectivity index (χ0) is 13.1. The summed E-state index contributed by atoms with van der Waals surface area (Å²) in [6.45, 7) is 0. The van der Waals surface area contributed by atoms with Crippen molar-refractivity contribution in [1.82, 2.24) is 0 Å². The van der Waals surface area contributed by atoms with Crippen LogP contribution in [0.5, 0.6) is 5.75 Å². The van der Waals surface area contributed by atoms with E-state index in [1.807, 2.05) is 18.2 Å². The molecule has 4 heteroatoms. The van der Waals surface area contributed by atoms with Crippen molar-refractivity contribution in [2.75, 3.05) is 7.11 Å². The summed E-state index contributed by atoms with van der Waals surface area (Å²) in [6, 6.07) is 12.4. The van der Waals surface area contributed by atoms with Gasteiger partial charge in [-0.25, -0.2) is 0 Å². The predicted octanol–water partition coefficient (Wildman–Crippen LogP) is 3.11. The second-order valence-corrected chi connectivity index (χ2v) is 4.23. The minimum absolute atomic E-state index is 0.436. The van der Waals surface area contributed by atoms with Gasteiger partial charge in [-0.3, -0.25) is 4.79 Å². The maximum atomic E-state index is 11.2. The molecule has 0 fully saturated rings. The molecule has 0 radical (unpaired) electrons. The fourth-order valence-corrected chi connectivity index (χ4v) is 1.93. The molecule has 2 aromatic carbocycles. The van der Waals surface area contributed by atoms with Crippen LogP contribution >= 0.6 is 11.6 Å². The smallest absolute Gasteiger partial charge is 0.248 e. The second-order valence-electron chi connectivity index (χ2n) is 3.79. The summed E-state index contributed by atoms with van der Waals surface area (Å²) < 4.78 is 5.28. The Kier molecular flexibility index (Phi) is 3.53. The minimum Gasteiger partial charge on any atom is -0.496 e. The Morgan fingerprint density at radius 1 is 1.22 bits per heavy atom. The summed E-state index contributed by atoms with van der Waals surface area (Å²) >= 11 is 5.96. The molecule has 2 aromatic rings. The third-order valence-corrected chi connectivity index (χ3v) is 2.85. The van der Waals surface area contributed by atoms with E-state index in [0.29, 0.717) is 16.3 Å². The summed E-state index contributed by atoms with van der Waals surface area (Å²) in [7, 11) is 1.58. The van der Waals surface area contributed by atoms with Gasteiger partial charge in [0, 0.05) is 16.1 Å². The molecular weight excluding hydrogens is 250 g/mol. The largest absolute Gasteiger partial charge is 0.496 e. The highest BCUT2D eigenvalue weighted by Gasteiger charge is 2.09. The molecule has 3 nitrogen and oxygen atoms in total. The lowest BCUT2D eigenvalue weighted by Crippen LogP contribution is -2.10. The molecular formula is C14H12ClNO2. The van der Waals surface area contributed by atoms with E-state index in [4.69, 9.17) is 22.1 Å². The monoisotopic (exact) mass is 261 g/mol. The van der Waals surface area contributed by atoms with Crippen molar-refractivity contribution in [1.29, 1.82) is 0 Å². The standard InChI is InChI=1S/C14H12ClNO2/c1-18-13-6-5-10(14(16)17)8-12(13)9-3-2-4-11(15)7-9/h2-8H,1H3,(H2,16,17). The van der Waals surface area contributed by atoms with Gasteiger partial charge in [0.1, 0.15) is 5.75 Å². The van der Waals surface area contributed by atoms with E-state index < -0.39 is 5.91 Å². The van der Waals surface area contributed by atoms with E-state index in [2.05, 4.69) is 0 Å². The first-order valence-electron chi connectivity index (χ1n) is 5.35. The van der Waals surface area contributed by atoms with E-state index in [1.54, 1.807) is 31.4 Å². The minimum atomic E-state index is -0.471. The van der Waals surface area contributed by atoms with Crippen molar-refractivity contribution >= 4 is 17.5 Å². The molecule has 0 aliphatic rings. The van der Waals surface area contributed by atoms with Crippen molar-refractivity contribution in [3.05, 3.63) is 53.1 Å². The van der Waals surface area contributed by atoms with Gasteiger partial charge in [-0.1, -0.05) is 23.7 Å². The summed E-state index contributed by atoms with van der Waals surface area (Å²) in [5.41, 5.74) is 7.38. The number of benzene rings is 2. The fraction of sp³-hybridized carbons (Fsp3) is 0.0714. The van der Waals surface area contributed by atoms with E-state index in [0.717, 1.165) is 11.1 Å².